The lowest BCUT2D eigenvalue weighted by atomic mass is 9.91. The van der Waals surface area contributed by atoms with Gasteiger partial charge in [-0.1, -0.05) is 6.92 Å². The molecule has 2 aliphatic rings. The standard InChI is InChI=1S/C21H35N5O2/c1-4-23-11-13-24(14-12-23)20(27)6-5-19-7-9-25(10-8-19)21(28)18(3)26-16-17(2)15-22-26/h15-16,18-19H,4-14H2,1-3H3/t18-/m1/s1. The van der Waals surface area contributed by atoms with Crippen LogP contribution in [0.4, 0.5) is 0 Å². The topological polar surface area (TPSA) is 61.7 Å². The molecule has 28 heavy (non-hydrogen) atoms. The van der Waals surface area contributed by atoms with Gasteiger partial charge in [-0.05, 0) is 51.1 Å². The van der Waals surface area contributed by atoms with E-state index < -0.39 is 0 Å². The molecular weight excluding hydrogens is 354 g/mol. The highest BCUT2D eigenvalue weighted by Gasteiger charge is 2.28. The molecule has 1 aromatic rings. The van der Waals surface area contributed by atoms with E-state index in [0.717, 1.165) is 70.6 Å². The van der Waals surface area contributed by atoms with Crippen molar-refractivity contribution in [3.63, 3.8) is 0 Å². The monoisotopic (exact) mass is 389 g/mol. The summed E-state index contributed by atoms with van der Waals surface area (Å²) < 4.78 is 1.75. The van der Waals surface area contributed by atoms with Gasteiger partial charge in [-0.2, -0.15) is 5.10 Å². The van der Waals surface area contributed by atoms with Gasteiger partial charge < -0.3 is 14.7 Å². The highest BCUT2D eigenvalue weighted by molar-refractivity contribution is 5.80. The van der Waals surface area contributed by atoms with Crippen molar-refractivity contribution < 1.29 is 9.59 Å². The maximum absolute atomic E-state index is 12.7. The summed E-state index contributed by atoms with van der Waals surface area (Å²) in [6, 6.07) is -0.256. The molecule has 1 atom stereocenters. The average molecular weight is 390 g/mol. The number of piperazine rings is 1. The van der Waals surface area contributed by atoms with Gasteiger partial charge in [0.1, 0.15) is 6.04 Å². The highest BCUT2D eigenvalue weighted by Crippen LogP contribution is 2.24. The Labute approximate surface area is 168 Å². The summed E-state index contributed by atoms with van der Waals surface area (Å²) in [6.45, 7) is 12.4. The Kier molecular flexibility index (Phi) is 7.10. The van der Waals surface area contributed by atoms with Crippen molar-refractivity contribution in [3.8, 4) is 0 Å². The minimum Gasteiger partial charge on any atom is -0.341 e. The number of likely N-dealkylation sites (N-methyl/N-ethyl adjacent to an activating group) is 1. The van der Waals surface area contributed by atoms with E-state index in [4.69, 9.17) is 0 Å². The quantitative estimate of drug-likeness (QED) is 0.746. The first kappa shape index (κ1) is 20.8. The predicted molar refractivity (Wildman–Crippen MR) is 109 cm³/mol. The molecule has 0 unspecified atom stereocenters. The summed E-state index contributed by atoms with van der Waals surface area (Å²) in [4.78, 5) is 31.6. The SMILES string of the molecule is CCN1CCN(C(=O)CCC2CCN(C(=O)[C@@H](C)n3cc(C)cn3)CC2)CC1. The molecule has 3 heterocycles. The van der Waals surface area contributed by atoms with Gasteiger partial charge in [-0.3, -0.25) is 14.3 Å². The predicted octanol–water partition coefficient (Wildman–Crippen LogP) is 1.94. The zero-order chi connectivity index (χ0) is 20.1. The Balaban J connectivity index is 1.38. The minimum absolute atomic E-state index is 0.145. The molecule has 2 amide bonds. The van der Waals surface area contributed by atoms with Gasteiger partial charge in [0.05, 0.1) is 6.20 Å². The number of carbonyl (C=O) groups excluding carboxylic acids is 2. The summed E-state index contributed by atoms with van der Waals surface area (Å²) in [5, 5.41) is 4.27. The maximum atomic E-state index is 12.7. The maximum Gasteiger partial charge on any atom is 0.247 e. The number of aromatic nitrogens is 2. The second-order valence-electron chi connectivity index (χ2n) is 8.30. The lowest BCUT2D eigenvalue weighted by molar-refractivity contribution is -0.137. The van der Waals surface area contributed by atoms with Crippen molar-refractivity contribution in [1.29, 1.82) is 0 Å². The number of aryl methyl sites for hydroxylation is 1. The van der Waals surface area contributed by atoms with Gasteiger partial charge in [0.15, 0.2) is 0 Å². The van der Waals surface area contributed by atoms with Crippen molar-refractivity contribution in [3.05, 3.63) is 18.0 Å². The van der Waals surface area contributed by atoms with Gasteiger partial charge in [0, 0.05) is 51.9 Å². The number of amides is 2. The third-order valence-electron chi connectivity index (χ3n) is 6.35. The molecule has 0 spiro atoms. The van der Waals surface area contributed by atoms with Crippen LogP contribution < -0.4 is 0 Å². The van der Waals surface area contributed by atoms with Gasteiger partial charge in [0.2, 0.25) is 11.8 Å². The fourth-order valence-electron chi connectivity index (χ4n) is 4.26. The van der Waals surface area contributed by atoms with Crippen LogP contribution in [0.15, 0.2) is 12.4 Å². The second kappa shape index (κ2) is 9.54. The van der Waals surface area contributed by atoms with Crippen molar-refractivity contribution >= 4 is 11.8 Å². The Morgan fingerprint density at radius 1 is 1.11 bits per heavy atom. The normalized spacial score (nSPS) is 20.4. The van der Waals surface area contributed by atoms with E-state index in [0.29, 0.717) is 18.2 Å². The Hall–Kier alpha value is -1.89. The Bertz CT molecular complexity index is 658. The van der Waals surface area contributed by atoms with Crippen LogP contribution in [-0.2, 0) is 9.59 Å². The van der Waals surface area contributed by atoms with Crippen LogP contribution in [0.1, 0.15) is 51.1 Å². The number of carbonyl (C=O) groups is 2. The largest absolute Gasteiger partial charge is 0.341 e. The third-order valence-corrected chi connectivity index (χ3v) is 6.35. The van der Waals surface area contributed by atoms with E-state index >= 15 is 0 Å². The zero-order valence-electron chi connectivity index (χ0n) is 17.6. The second-order valence-corrected chi connectivity index (χ2v) is 8.30. The Morgan fingerprint density at radius 2 is 1.79 bits per heavy atom. The lowest BCUT2D eigenvalue weighted by Gasteiger charge is -2.35. The number of piperidine rings is 1. The molecule has 0 saturated carbocycles. The molecular formula is C21H35N5O2. The molecule has 3 rings (SSSR count). The van der Waals surface area contributed by atoms with Gasteiger partial charge in [-0.15, -0.1) is 0 Å². The Morgan fingerprint density at radius 3 is 2.36 bits per heavy atom. The number of nitrogens with zero attached hydrogens (tertiary/aromatic N) is 5. The smallest absolute Gasteiger partial charge is 0.247 e. The lowest BCUT2D eigenvalue weighted by Crippen LogP contribution is -2.48. The molecule has 0 aromatic carbocycles. The summed E-state index contributed by atoms with van der Waals surface area (Å²) in [5.41, 5.74) is 1.07. The van der Waals surface area contributed by atoms with Gasteiger partial charge in [0.25, 0.3) is 0 Å². The summed E-state index contributed by atoms with van der Waals surface area (Å²) >= 11 is 0. The van der Waals surface area contributed by atoms with E-state index in [1.165, 1.54) is 0 Å². The number of likely N-dealkylation sites (tertiary alicyclic amines) is 1. The van der Waals surface area contributed by atoms with Crippen molar-refractivity contribution in [2.75, 3.05) is 45.8 Å². The first-order valence-electron chi connectivity index (χ1n) is 10.8. The average Bonchev–Trinajstić information content (AvgIpc) is 3.17. The first-order valence-corrected chi connectivity index (χ1v) is 10.8. The van der Waals surface area contributed by atoms with Gasteiger partial charge >= 0.3 is 0 Å². The first-order chi connectivity index (χ1) is 13.5. The van der Waals surface area contributed by atoms with Gasteiger partial charge in [-0.25, -0.2) is 0 Å². The van der Waals surface area contributed by atoms with E-state index in [9.17, 15) is 9.59 Å². The van der Waals surface area contributed by atoms with E-state index in [1.807, 2.05) is 29.8 Å². The molecule has 2 saturated heterocycles. The summed E-state index contributed by atoms with van der Waals surface area (Å²) in [7, 11) is 0. The van der Waals surface area contributed by atoms with Crippen LogP contribution in [0, 0.1) is 12.8 Å². The van der Waals surface area contributed by atoms with Crippen LogP contribution in [0.25, 0.3) is 0 Å². The van der Waals surface area contributed by atoms with Crippen LogP contribution in [-0.4, -0.2) is 82.1 Å². The van der Waals surface area contributed by atoms with E-state index in [1.54, 1.807) is 10.9 Å². The highest BCUT2D eigenvalue weighted by atomic mass is 16.2. The van der Waals surface area contributed by atoms with E-state index in [2.05, 4.69) is 16.9 Å². The number of rotatable bonds is 6. The molecule has 2 aliphatic heterocycles. The summed E-state index contributed by atoms with van der Waals surface area (Å²) in [5.74, 6) is 0.996. The van der Waals surface area contributed by atoms with Crippen LogP contribution >= 0.6 is 0 Å². The fraction of sp³-hybridized carbons (Fsp3) is 0.762. The molecule has 156 valence electrons. The van der Waals surface area contributed by atoms with Crippen LogP contribution in [0.3, 0.4) is 0 Å². The van der Waals surface area contributed by atoms with Crippen molar-refractivity contribution in [2.45, 2.75) is 52.5 Å². The number of hydrogen-bond acceptors (Lipinski definition) is 4. The molecule has 7 heteroatoms. The molecule has 0 N–H and O–H groups in total. The van der Waals surface area contributed by atoms with Crippen LogP contribution in [0.2, 0.25) is 0 Å². The fourth-order valence-corrected chi connectivity index (χ4v) is 4.26. The molecule has 7 nitrogen and oxygen atoms in total. The summed E-state index contributed by atoms with van der Waals surface area (Å²) in [6.07, 6.45) is 7.29. The van der Waals surface area contributed by atoms with Crippen molar-refractivity contribution in [1.82, 2.24) is 24.5 Å². The van der Waals surface area contributed by atoms with Crippen LogP contribution in [0.5, 0.6) is 0 Å². The van der Waals surface area contributed by atoms with E-state index in [-0.39, 0.29) is 11.9 Å². The zero-order valence-corrected chi connectivity index (χ0v) is 17.6. The third kappa shape index (κ3) is 5.13. The molecule has 1 aromatic heterocycles. The molecule has 2 fully saturated rings. The minimum atomic E-state index is -0.256. The molecule has 0 radical (unpaired) electrons. The van der Waals surface area contributed by atoms with Crippen molar-refractivity contribution in [2.24, 2.45) is 5.92 Å². The molecule has 0 aliphatic carbocycles. The number of hydrogen-bond donors (Lipinski definition) is 0. The molecule has 0 bridgehead atoms.